The minimum atomic E-state index is 0.912. The van der Waals surface area contributed by atoms with Gasteiger partial charge in [-0.15, -0.1) is 0 Å². The fourth-order valence-corrected chi connectivity index (χ4v) is 2.34. The first-order chi connectivity index (χ1) is 4.72. The van der Waals surface area contributed by atoms with Gasteiger partial charge < -0.3 is 0 Å². The fraction of sp³-hybridized carbons (Fsp3) is 1.00. The predicted octanol–water partition coefficient (Wildman–Crippen LogP) is 2.79. The molecule has 54 valence electrons. The molecule has 0 bridgehead atoms. The van der Waals surface area contributed by atoms with E-state index in [1.54, 1.807) is 0 Å². The van der Waals surface area contributed by atoms with E-state index in [4.69, 9.17) is 0 Å². The van der Waals surface area contributed by atoms with E-state index in [0.717, 1.165) is 16.4 Å². The predicted molar refractivity (Wildman–Crippen MR) is 46.3 cm³/mol. The topological polar surface area (TPSA) is 0 Å². The molecule has 0 spiro atoms. The summed E-state index contributed by atoms with van der Waals surface area (Å²) < 4.78 is 0.994. The molecule has 0 nitrogen and oxygen atoms in total. The van der Waals surface area contributed by atoms with Crippen molar-refractivity contribution in [3.63, 3.8) is 0 Å². The molecule has 0 radical (unpaired) electrons. The molecule has 1 aliphatic carbocycles. The van der Waals surface area contributed by atoms with Gasteiger partial charge in [-0.25, -0.2) is 0 Å². The van der Waals surface area contributed by atoms with Crippen LogP contribution in [-0.4, -0.2) is 17.7 Å². The molecule has 1 fully saturated rings. The van der Waals surface area contributed by atoms with E-state index < -0.39 is 0 Å². The second-order valence-corrected chi connectivity index (χ2v) is 4.17. The number of hydrogen-bond donors (Lipinski definition) is 0. The van der Waals surface area contributed by atoms with E-state index in [1.807, 2.05) is 0 Å². The van der Waals surface area contributed by atoms with E-state index in [9.17, 15) is 0 Å². The molecule has 0 saturated heterocycles. The molecule has 0 amide bonds. The number of hydrogen-bond acceptors (Lipinski definition) is 0. The molecule has 0 aromatic heterocycles. The maximum atomic E-state index is 2.42. The second kappa shape index (κ2) is 3.84. The minimum absolute atomic E-state index is 0.912. The van der Waals surface area contributed by atoms with Gasteiger partial charge in [0, 0.05) is 0 Å². The van der Waals surface area contributed by atoms with Gasteiger partial charge in [-0.3, -0.25) is 0 Å². The van der Waals surface area contributed by atoms with Crippen molar-refractivity contribution in [1.82, 2.24) is 0 Å². The van der Waals surface area contributed by atoms with E-state index in [-0.39, 0.29) is 0 Å². The molecule has 0 aromatic carbocycles. The quantitative estimate of drug-likeness (QED) is 0.481. The van der Waals surface area contributed by atoms with Gasteiger partial charge in [0.25, 0.3) is 0 Å². The Balaban J connectivity index is 2.40. The molecule has 1 heteroatoms. The van der Waals surface area contributed by atoms with Crippen LogP contribution >= 0.6 is 0 Å². The van der Waals surface area contributed by atoms with E-state index >= 15 is 0 Å². The Kier molecular flexibility index (Phi) is 3.33. The van der Waals surface area contributed by atoms with Crippen molar-refractivity contribution >= 4 is 17.7 Å². The molecule has 2 unspecified atom stereocenters. The van der Waals surface area contributed by atoms with Crippen LogP contribution in [0, 0.1) is 11.8 Å². The normalized spacial score (nSPS) is 34.9. The van der Waals surface area contributed by atoms with Crippen molar-refractivity contribution in [2.75, 3.05) is 0 Å². The van der Waals surface area contributed by atoms with Crippen LogP contribution in [0.15, 0.2) is 0 Å². The van der Waals surface area contributed by atoms with Gasteiger partial charge in [0.2, 0.25) is 0 Å². The Morgan fingerprint density at radius 1 is 1.20 bits per heavy atom. The van der Waals surface area contributed by atoms with Crippen LogP contribution in [0.4, 0.5) is 0 Å². The van der Waals surface area contributed by atoms with E-state index in [0.29, 0.717) is 0 Å². The summed E-state index contributed by atoms with van der Waals surface area (Å²) in [6, 6.07) is 0. The molecule has 1 rings (SSSR count). The van der Waals surface area contributed by atoms with Gasteiger partial charge in [-0.05, 0) is 0 Å². The Labute approximate surface area is 74.0 Å². The molecule has 0 aliphatic heterocycles. The van der Waals surface area contributed by atoms with Gasteiger partial charge in [-0.1, -0.05) is 0 Å². The molecule has 10 heavy (non-hydrogen) atoms. The molecule has 1 saturated carbocycles. The molecule has 0 N–H and O–H groups in total. The summed E-state index contributed by atoms with van der Waals surface area (Å²) in [6.07, 6.45) is 5.92. The van der Waals surface area contributed by atoms with Crippen molar-refractivity contribution in [2.24, 2.45) is 11.8 Å². The monoisotopic (exact) mass is 132 g/mol. The van der Waals surface area contributed by atoms with Gasteiger partial charge in [0.15, 0.2) is 0 Å². The third-order valence-corrected chi connectivity index (χ3v) is 3.03. The zero-order chi connectivity index (χ0) is 7.56. The van der Waals surface area contributed by atoms with Crippen LogP contribution in [0.1, 0.15) is 39.5 Å². The summed E-state index contributed by atoms with van der Waals surface area (Å²) in [5.74, 6) is 1.93. The summed E-state index contributed by atoms with van der Waals surface area (Å²) in [7, 11) is 0. The average Bonchev–Trinajstić information content (AvgIpc) is 1.88. The standard InChI is InChI=1S/C9H17.Li/c1-8(2)9-6-4-3-5-7-9;/h6,8-9H,3-5,7H2,1-2H3;. The van der Waals surface area contributed by atoms with Gasteiger partial charge in [0.1, 0.15) is 0 Å². The first-order valence-corrected chi connectivity index (χ1v) is 4.72. The van der Waals surface area contributed by atoms with Crippen molar-refractivity contribution < 1.29 is 0 Å². The zero-order valence-corrected chi connectivity index (χ0v) is 7.56. The van der Waals surface area contributed by atoms with E-state index in [1.165, 1.54) is 25.7 Å². The molecule has 0 heterocycles. The molecule has 2 atom stereocenters. The molecular weight excluding hydrogens is 115 g/mol. The van der Waals surface area contributed by atoms with Crippen LogP contribution in [0.5, 0.6) is 0 Å². The number of rotatable bonds is 1. The zero-order valence-electron chi connectivity index (χ0n) is 7.56. The van der Waals surface area contributed by atoms with Crippen molar-refractivity contribution in [2.45, 2.75) is 44.1 Å². The maximum absolute atomic E-state index is 2.42. The van der Waals surface area contributed by atoms with Crippen LogP contribution in [0.2, 0.25) is 4.59 Å². The van der Waals surface area contributed by atoms with Crippen LogP contribution in [0.3, 0.4) is 0 Å². The average molecular weight is 132 g/mol. The van der Waals surface area contributed by atoms with Gasteiger partial charge in [-0.2, -0.15) is 0 Å². The van der Waals surface area contributed by atoms with E-state index in [2.05, 4.69) is 31.6 Å². The first kappa shape index (κ1) is 8.69. The third kappa shape index (κ3) is 2.04. The van der Waals surface area contributed by atoms with Crippen molar-refractivity contribution in [1.29, 1.82) is 0 Å². The van der Waals surface area contributed by atoms with Crippen LogP contribution in [-0.2, 0) is 0 Å². The Bertz CT molecular complexity index is 98.9. The summed E-state index contributed by atoms with van der Waals surface area (Å²) in [5, 5.41) is 0. The van der Waals surface area contributed by atoms with Crippen LogP contribution in [0.25, 0.3) is 0 Å². The summed E-state index contributed by atoms with van der Waals surface area (Å²) in [6.45, 7) is 4.74. The van der Waals surface area contributed by atoms with Crippen molar-refractivity contribution in [3.05, 3.63) is 0 Å². The summed E-state index contributed by atoms with van der Waals surface area (Å²) in [4.78, 5) is 0. The first-order valence-electron chi connectivity index (χ1n) is 4.72. The molecular formula is C9H17Li. The summed E-state index contributed by atoms with van der Waals surface area (Å²) >= 11 is 2.42. The van der Waals surface area contributed by atoms with Gasteiger partial charge in [0.05, 0.1) is 0 Å². The fourth-order valence-electron chi connectivity index (χ4n) is 2.34. The Morgan fingerprint density at radius 2 is 1.80 bits per heavy atom. The van der Waals surface area contributed by atoms with Crippen molar-refractivity contribution in [3.8, 4) is 0 Å². The van der Waals surface area contributed by atoms with Crippen LogP contribution < -0.4 is 0 Å². The Morgan fingerprint density at radius 3 is 2.20 bits per heavy atom. The SMILES string of the molecule is [Li][CH]1CCCCC1C(C)C. The van der Waals surface area contributed by atoms with Gasteiger partial charge >= 0.3 is 73.7 Å². The third-order valence-electron chi connectivity index (χ3n) is 3.03. The summed E-state index contributed by atoms with van der Waals surface area (Å²) in [5.41, 5.74) is 0. The second-order valence-electron chi connectivity index (χ2n) is 4.17. The molecule has 1 aliphatic rings. The molecule has 0 aromatic rings. The Hall–Kier alpha value is 0.597.